The van der Waals surface area contributed by atoms with Gasteiger partial charge >= 0.3 is 0 Å². The summed E-state index contributed by atoms with van der Waals surface area (Å²) < 4.78 is 26.6. The Labute approximate surface area is 89.7 Å². The minimum Gasteiger partial charge on any atom is -0.329 e. The van der Waals surface area contributed by atoms with E-state index in [0.29, 0.717) is 0 Å². The van der Waals surface area contributed by atoms with Gasteiger partial charge in [0.05, 0.1) is 6.20 Å². The number of aryl methyl sites for hydroxylation is 1. The molecule has 0 aromatic carbocycles. The highest BCUT2D eigenvalue weighted by Gasteiger charge is 2.25. The molecule has 1 heterocycles. The average Bonchev–Trinajstić information content (AvgIpc) is 2.63. The molecule has 1 aromatic heterocycles. The molecule has 0 radical (unpaired) electrons. The van der Waals surface area contributed by atoms with Gasteiger partial charge in [0.2, 0.25) is 10.0 Å². The number of hydrogen-bond donors (Lipinski definition) is 1. The summed E-state index contributed by atoms with van der Waals surface area (Å²) in [5, 5.41) is 3.83. The minimum absolute atomic E-state index is 0.188. The third-order valence-corrected chi connectivity index (χ3v) is 4.24. The highest BCUT2D eigenvalue weighted by atomic mass is 32.2. The number of hydrogen-bond acceptors (Lipinski definition) is 4. The number of aromatic nitrogens is 2. The van der Waals surface area contributed by atoms with Gasteiger partial charge in [-0.3, -0.25) is 4.68 Å². The Morgan fingerprint density at radius 2 is 2.27 bits per heavy atom. The summed E-state index contributed by atoms with van der Waals surface area (Å²) in [4.78, 5) is 0.188. The molecule has 1 atom stereocenters. The first-order valence-electron chi connectivity index (χ1n) is 4.56. The van der Waals surface area contributed by atoms with Crippen molar-refractivity contribution in [3.8, 4) is 0 Å². The molecule has 0 fully saturated rings. The van der Waals surface area contributed by atoms with E-state index in [9.17, 15) is 8.42 Å². The van der Waals surface area contributed by atoms with Crippen molar-refractivity contribution in [3.63, 3.8) is 0 Å². The highest BCUT2D eigenvalue weighted by molar-refractivity contribution is 7.89. The van der Waals surface area contributed by atoms with Gasteiger partial charge in [-0.25, -0.2) is 8.42 Å². The Morgan fingerprint density at radius 3 is 2.67 bits per heavy atom. The molecular weight excluding hydrogens is 216 g/mol. The van der Waals surface area contributed by atoms with Crippen LogP contribution in [0.5, 0.6) is 0 Å². The molecule has 0 spiro atoms. The summed E-state index contributed by atoms with van der Waals surface area (Å²) in [6.45, 7) is 2.05. The molecule has 1 unspecified atom stereocenters. The summed E-state index contributed by atoms with van der Waals surface area (Å²) in [7, 11) is -0.274. The van der Waals surface area contributed by atoms with Gasteiger partial charge in [-0.15, -0.1) is 0 Å². The molecule has 0 saturated carbocycles. The lowest BCUT2D eigenvalue weighted by molar-refractivity contribution is 0.394. The van der Waals surface area contributed by atoms with E-state index >= 15 is 0 Å². The van der Waals surface area contributed by atoms with E-state index in [1.165, 1.54) is 28.4 Å². The van der Waals surface area contributed by atoms with Gasteiger partial charge in [-0.05, 0) is 6.92 Å². The number of likely N-dealkylation sites (N-methyl/N-ethyl adjacent to an activating group) is 1. The first kappa shape index (κ1) is 12.2. The van der Waals surface area contributed by atoms with Crippen LogP contribution in [0.4, 0.5) is 0 Å². The van der Waals surface area contributed by atoms with Crippen LogP contribution >= 0.6 is 0 Å². The van der Waals surface area contributed by atoms with E-state index in [4.69, 9.17) is 5.73 Å². The van der Waals surface area contributed by atoms with Gasteiger partial charge in [0.1, 0.15) is 4.90 Å². The Bertz CT molecular complexity index is 426. The Kier molecular flexibility index (Phi) is 3.48. The van der Waals surface area contributed by atoms with E-state index in [1.54, 1.807) is 14.0 Å². The lowest BCUT2D eigenvalue weighted by atomic mass is 10.4. The first-order valence-corrected chi connectivity index (χ1v) is 6.00. The maximum atomic E-state index is 12.0. The fourth-order valence-corrected chi connectivity index (χ4v) is 2.44. The van der Waals surface area contributed by atoms with Crippen LogP contribution in [0.2, 0.25) is 0 Å². The monoisotopic (exact) mass is 232 g/mol. The third-order valence-electron chi connectivity index (χ3n) is 2.32. The van der Waals surface area contributed by atoms with Gasteiger partial charge in [-0.2, -0.15) is 9.40 Å². The average molecular weight is 232 g/mol. The van der Waals surface area contributed by atoms with Crippen LogP contribution < -0.4 is 5.73 Å². The Balaban J connectivity index is 3.03. The van der Waals surface area contributed by atoms with Crippen molar-refractivity contribution in [2.24, 2.45) is 12.8 Å². The molecule has 0 amide bonds. The molecule has 2 N–H and O–H groups in total. The lowest BCUT2D eigenvalue weighted by Gasteiger charge is -2.21. The molecule has 6 nitrogen and oxygen atoms in total. The summed E-state index contributed by atoms with van der Waals surface area (Å²) >= 11 is 0. The van der Waals surface area contributed by atoms with E-state index in [0.717, 1.165) is 0 Å². The van der Waals surface area contributed by atoms with Crippen LogP contribution in [0.15, 0.2) is 17.3 Å². The predicted octanol–water partition coefficient (Wildman–Crippen LogP) is -0.612. The molecule has 0 aliphatic rings. The van der Waals surface area contributed by atoms with Crippen LogP contribution in [-0.2, 0) is 17.1 Å². The molecule has 7 heteroatoms. The molecular formula is C8H16N4O2S. The zero-order chi connectivity index (χ0) is 11.6. The fraction of sp³-hybridized carbons (Fsp3) is 0.625. The second kappa shape index (κ2) is 4.30. The van der Waals surface area contributed by atoms with E-state index in [1.807, 2.05) is 0 Å². The maximum absolute atomic E-state index is 12.0. The second-order valence-corrected chi connectivity index (χ2v) is 5.45. The largest absolute Gasteiger partial charge is 0.329 e. The van der Waals surface area contributed by atoms with Crippen molar-refractivity contribution in [1.29, 1.82) is 0 Å². The lowest BCUT2D eigenvalue weighted by Crippen LogP contribution is -2.39. The normalized spacial score (nSPS) is 14.5. The summed E-state index contributed by atoms with van der Waals surface area (Å²) in [5.41, 5.74) is 5.43. The molecule has 0 bridgehead atoms. The molecule has 0 saturated heterocycles. The Morgan fingerprint density at radius 1 is 1.67 bits per heavy atom. The minimum atomic E-state index is -3.46. The van der Waals surface area contributed by atoms with E-state index in [2.05, 4.69) is 5.10 Å². The van der Waals surface area contributed by atoms with Crippen LogP contribution in [0.25, 0.3) is 0 Å². The molecule has 1 rings (SSSR count). The van der Waals surface area contributed by atoms with Crippen LogP contribution in [0, 0.1) is 0 Å². The number of nitrogens with two attached hydrogens (primary N) is 1. The highest BCUT2D eigenvalue weighted by Crippen LogP contribution is 2.14. The number of sulfonamides is 1. The first-order chi connectivity index (χ1) is 6.89. The second-order valence-electron chi connectivity index (χ2n) is 3.46. The third kappa shape index (κ3) is 2.36. The van der Waals surface area contributed by atoms with Gasteiger partial charge in [0, 0.05) is 32.9 Å². The zero-order valence-corrected chi connectivity index (χ0v) is 9.90. The maximum Gasteiger partial charge on any atom is 0.246 e. The smallest absolute Gasteiger partial charge is 0.246 e. The van der Waals surface area contributed by atoms with Gasteiger partial charge in [0.25, 0.3) is 0 Å². The quantitative estimate of drug-likeness (QED) is 0.750. The number of nitrogens with zero attached hydrogens (tertiary/aromatic N) is 3. The summed E-state index contributed by atoms with van der Waals surface area (Å²) in [6.07, 6.45) is 2.80. The standard InChI is InChI=1S/C8H16N4O2S/c1-7(4-9)12(3)15(13,14)8-5-10-11(2)6-8/h5-7H,4,9H2,1-3H3. The molecule has 15 heavy (non-hydrogen) atoms. The summed E-state index contributed by atoms with van der Waals surface area (Å²) in [5.74, 6) is 0. The number of rotatable bonds is 4. The fourth-order valence-electron chi connectivity index (χ4n) is 1.08. The van der Waals surface area contributed by atoms with Crippen molar-refractivity contribution >= 4 is 10.0 Å². The van der Waals surface area contributed by atoms with Crippen molar-refractivity contribution < 1.29 is 8.42 Å². The molecule has 1 aromatic rings. The van der Waals surface area contributed by atoms with Crippen molar-refractivity contribution in [3.05, 3.63) is 12.4 Å². The van der Waals surface area contributed by atoms with E-state index < -0.39 is 10.0 Å². The topological polar surface area (TPSA) is 81.2 Å². The van der Waals surface area contributed by atoms with Gasteiger partial charge in [0.15, 0.2) is 0 Å². The van der Waals surface area contributed by atoms with Crippen LogP contribution in [0.1, 0.15) is 6.92 Å². The van der Waals surface area contributed by atoms with Crippen molar-refractivity contribution in [2.45, 2.75) is 17.9 Å². The van der Waals surface area contributed by atoms with Gasteiger partial charge < -0.3 is 5.73 Å². The summed E-state index contributed by atoms with van der Waals surface area (Å²) in [6, 6.07) is -0.227. The van der Waals surface area contributed by atoms with Crippen molar-refractivity contribution in [1.82, 2.24) is 14.1 Å². The predicted molar refractivity (Wildman–Crippen MR) is 56.7 cm³/mol. The van der Waals surface area contributed by atoms with Crippen molar-refractivity contribution in [2.75, 3.05) is 13.6 Å². The van der Waals surface area contributed by atoms with Crippen LogP contribution in [0.3, 0.4) is 0 Å². The molecule has 0 aliphatic carbocycles. The van der Waals surface area contributed by atoms with Gasteiger partial charge in [-0.1, -0.05) is 0 Å². The zero-order valence-electron chi connectivity index (χ0n) is 9.08. The molecule has 0 aliphatic heterocycles. The molecule has 86 valence electrons. The SMILES string of the molecule is CC(CN)N(C)S(=O)(=O)c1cnn(C)c1. The Hall–Kier alpha value is -0.920. The van der Waals surface area contributed by atoms with Crippen LogP contribution in [-0.4, -0.2) is 42.1 Å². The van der Waals surface area contributed by atoms with E-state index in [-0.39, 0.29) is 17.5 Å².